The summed E-state index contributed by atoms with van der Waals surface area (Å²) in [5, 5.41) is 7.33. The average Bonchev–Trinajstić information content (AvgIpc) is 2.78. The van der Waals surface area contributed by atoms with Crippen molar-refractivity contribution in [3.8, 4) is 0 Å². The van der Waals surface area contributed by atoms with E-state index in [1.165, 1.54) is 5.56 Å². The lowest BCUT2D eigenvalue weighted by Gasteiger charge is -2.05. The van der Waals surface area contributed by atoms with Gasteiger partial charge < -0.3 is 9.73 Å². The number of rotatable bonds is 0. The first kappa shape index (κ1) is 10.0. The van der Waals surface area contributed by atoms with Crippen molar-refractivity contribution in [1.82, 2.24) is 5.32 Å². The first-order chi connectivity index (χ1) is 8.83. The van der Waals surface area contributed by atoms with Crippen LogP contribution in [0.2, 0.25) is 5.02 Å². The number of nitrogens with one attached hydrogen (secondary N) is 1. The summed E-state index contributed by atoms with van der Waals surface area (Å²) in [5.41, 5.74) is 2.14. The second kappa shape index (κ2) is 3.53. The van der Waals surface area contributed by atoms with E-state index in [1.54, 1.807) is 0 Å². The largest absolute Gasteiger partial charge is 0.456 e. The van der Waals surface area contributed by atoms with Crippen LogP contribution in [0.3, 0.4) is 0 Å². The molecule has 0 spiro atoms. The average molecular weight is 256 g/mol. The number of furan rings is 1. The summed E-state index contributed by atoms with van der Waals surface area (Å²) in [6.45, 7) is 0.810. The highest BCUT2D eigenvalue weighted by atomic mass is 35.5. The molecular weight excluding hydrogens is 246 g/mol. The van der Waals surface area contributed by atoms with Crippen LogP contribution in [0.4, 0.5) is 0 Å². The second-order valence-electron chi connectivity index (χ2n) is 4.47. The van der Waals surface area contributed by atoms with Gasteiger partial charge in [-0.1, -0.05) is 29.8 Å². The van der Waals surface area contributed by atoms with Crippen molar-refractivity contribution in [2.45, 2.75) is 6.54 Å². The molecule has 0 saturated heterocycles. The zero-order valence-corrected chi connectivity index (χ0v) is 10.3. The van der Waals surface area contributed by atoms with Crippen LogP contribution in [0.5, 0.6) is 0 Å². The van der Waals surface area contributed by atoms with Gasteiger partial charge in [-0.05, 0) is 23.6 Å². The van der Waals surface area contributed by atoms with E-state index in [1.807, 2.05) is 30.5 Å². The maximum Gasteiger partial charge on any atom is 0.143 e. The third-order valence-electron chi connectivity index (χ3n) is 3.40. The standard InChI is InChI=1S/C15H10ClNO/c16-10-3-1-9-2-4-11-13-8-17-6-5-14(13)18-15(11)12(9)7-10/h1-7,17H,8H2. The lowest BCUT2D eigenvalue weighted by molar-refractivity contribution is 0.595. The van der Waals surface area contributed by atoms with Crippen LogP contribution >= 0.6 is 11.6 Å². The first-order valence-corrected chi connectivity index (χ1v) is 6.24. The maximum atomic E-state index is 6.08. The van der Waals surface area contributed by atoms with Crippen LogP contribution in [0.15, 0.2) is 40.9 Å². The van der Waals surface area contributed by atoms with Gasteiger partial charge in [-0.15, -0.1) is 0 Å². The molecule has 0 radical (unpaired) electrons. The Balaban J connectivity index is 2.19. The number of hydrogen-bond acceptors (Lipinski definition) is 2. The molecule has 88 valence electrons. The van der Waals surface area contributed by atoms with Gasteiger partial charge in [0.15, 0.2) is 0 Å². The minimum Gasteiger partial charge on any atom is -0.456 e. The Kier molecular flexibility index (Phi) is 1.97. The van der Waals surface area contributed by atoms with Crippen molar-refractivity contribution in [3.63, 3.8) is 0 Å². The number of fused-ring (bicyclic) bond motifs is 5. The van der Waals surface area contributed by atoms with E-state index < -0.39 is 0 Å². The van der Waals surface area contributed by atoms with Crippen molar-refractivity contribution >= 4 is 39.4 Å². The molecule has 1 N–H and O–H groups in total. The molecular formula is C15H10ClNO. The highest BCUT2D eigenvalue weighted by Crippen LogP contribution is 2.34. The molecule has 0 fully saturated rings. The molecule has 3 heteroatoms. The Morgan fingerprint density at radius 1 is 1.11 bits per heavy atom. The van der Waals surface area contributed by atoms with Gasteiger partial charge in [0, 0.05) is 34.1 Å². The van der Waals surface area contributed by atoms with Gasteiger partial charge in [-0.3, -0.25) is 0 Å². The third-order valence-corrected chi connectivity index (χ3v) is 3.64. The van der Waals surface area contributed by atoms with Crippen molar-refractivity contribution in [2.75, 3.05) is 0 Å². The van der Waals surface area contributed by atoms with E-state index in [9.17, 15) is 0 Å². The van der Waals surface area contributed by atoms with E-state index >= 15 is 0 Å². The van der Waals surface area contributed by atoms with E-state index in [-0.39, 0.29) is 0 Å². The summed E-state index contributed by atoms with van der Waals surface area (Å²) < 4.78 is 5.97. The Labute approximate surface area is 109 Å². The van der Waals surface area contributed by atoms with Crippen LogP contribution in [0.25, 0.3) is 27.8 Å². The van der Waals surface area contributed by atoms with Gasteiger partial charge in [-0.25, -0.2) is 0 Å². The SMILES string of the molecule is Clc1ccc2ccc3c4c(oc3c2c1)C=CNC4. The highest BCUT2D eigenvalue weighted by Gasteiger charge is 2.16. The summed E-state index contributed by atoms with van der Waals surface area (Å²) in [6.07, 6.45) is 3.88. The smallest absolute Gasteiger partial charge is 0.143 e. The van der Waals surface area contributed by atoms with Crippen LogP contribution in [0.1, 0.15) is 11.3 Å². The highest BCUT2D eigenvalue weighted by molar-refractivity contribution is 6.31. The van der Waals surface area contributed by atoms with E-state index in [0.717, 1.165) is 39.1 Å². The summed E-state index contributed by atoms with van der Waals surface area (Å²) in [7, 11) is 0. The monoisotopic (exact) mass is 255 g/mol. The summed E-state index contributed by atoms with van der Waals surface area (Å²) in [4.78, 5) is 0. The molecule has 0 bridgehead atoms. The fourth-order valence-corrected chi connectivity index (χ4v) is 2.70. The molecule has 0 saturated carbocycles. The van der Waals surface area contributed by atoms with Crippen molar-refractivity contribution in [3.05, 3.63) is 52.9 Å². The molecule has 2 nitrogen and oxygen atoms in total. The molecule has 1 aliphatic rings. The number of hydrogen-bond donors (Lipinski definition) is 1. The van der Waals surface area contributed by atoms with Crippen LogP contribution in [-0.2, 0) is 6.54 Å². The van der Waals surface area contributed by atoms with Crippen LogP contribution in [0, 0.1) is 0 Å². The number of halogens is 1. The zero-order valence-electron chi connectivity index (χ0n) is 9.53. The van der Waals surface area contributed by atoms with Gasteiger partial charge in [0.2, 0.25) is 0 Å². The molecule has 0 atom stereocenters. The van der Waals surface area contributed by atoms with E-state index in [4.69, 9.17) is 16.0 Å². The zero-order chi connectivity index (χ0) is 12.1. The number of benzene rings is 2. The molecule has 4 rings (SSSR count). The van der Waals surface area contributed by atoms with Gasteiger partial charge in [-0.2, -0.15) is 0 Å². The minimum atomic E-state index is 0.734. The van der Waals surface area contributed by atoms with Crippen LogP contribution in [-0.4, -0.2) is 0 Å². The molecule has 2 heterocycles. The van der Waals surface area contributed by atoms with Gasteiger partial charge in [0.25, 0.3) is 0 Å². The minimum absolute atomic E-state index is 0.734. The molecule has 18 heavy (non-hydrogen) atoms. The Bertz CT molecular complexity index is 801. The fraction of sp³-hybridized carbons (Fsp3) is 0.0667. The lowest BCUT2D eigenvalue weighted by atomic mass is 10.0. The van der Waals surface area contributed by atoms with Crippen molar-refractivity contribution in [1.29, 1.82) is 0 Å². The van der Waals surface area contributed by atoms with Gasteiger partial charge in [0.05, 0.1) is 0 Å². The summed E-state index contributed by atoms with van der Waals surface area (Å²) in [5.74, 6) is 0.941. The molecule has 2 aromatic carbocycles. The Hall–Kier alpha value is -1.93. The second-order valence-corrected chi connectivity index (χ2v) is 4.90. The predicted molar refractivity (Wildman–Crippen MR) is 74.6 cm³/mol. The molecule has 0 unspecified atom stereocenters. The Morgan fingerprint density at radius 2 is 2.00 bits per heavy atom. The van der Waals surface area contributed by atoms with Crippen LogP contribution < -0.4 is 5.32 Å². The molecule has 1 aliphatic heterocycles. The quantitative estimate of drug-likeness (QED) is 0.647. The molecule has 3 aromatic rings. The third kappa shape index (κ3) is 1.30. The normalized spacial score (nSPS) is 13.8. The van der Waals surface area contributed by atoms with Gasteiger partial charge >= 0.3 is 0 Å². The van der Waals surface area contributed by atoms with Crippen molar-refractivity contribution < 1.29 is 4.42 Å². The topological polar surface area (TPSA) is 25.2 Å². The lowest BCUT2D eigenvalue weighted by Crippen LogP contribution is -2.08. The molecule has 0 aliphatic carbocycles. The fourth-order valence-electron chi connectivity index (χ4n) is 2.53. The first-order valence-electron chi connectivity index (χ1n) is 5.86. The summed E-state index contributed by atoms with van der Waals surface area (Å²) in [6, 6.07) is 10.1. The van der Waals surface area contributed by atoms with Crippen molar-refractivity contribution in [2.24, 2.45) is 0 Å². The molecule has 1 aromatic heterocycles. The maximum absolute atomic E-state index is 6.08. The summed E-state index contributed by atoms with van der Waals surface area (Å²) >= 11 is 6.08. The van der Waals surface area contributed by atoms with E-state index in [2.05, 4.69) is 17.4 Å². The van der Waals surface area contributed by atoms with Gasteiger partial charge in [0.1, 0.15) is 11.3 Å². The van der Waals surface area contributed by atoms with E-state index in [0.29, 0.717) is 0 Å². The Morgan fingerprint density at radius 3 is 2.94 bits per heavy atom. The predicted octanol–water partition coefficient (Wildman–Crippen LogP) is 4.31. The molecule has 0 amide bonds.